The van der Waals surface area contributed by atoms with Gasteiger partial charge in [0, 0.05) is 22.0 Å². The Morgan fingerprint density at radius 1 is 1.25 bits per heavy atom. The first-order chi connectivity index (χ1) is 9.52. The van der Waals surface area contributed by atoms with Gasteiger partial charge in [-0.25, -0.2) is 0 Å². The zero-order valence-corrected chi connectivity index (χ0v) is 13.5. The van der Waals surface area contributed by atoms with E-state index in [9.17, 15) is 5.11 Å². The molecule has 2 nitrogen and oxygen atoms in total. The lowest BCUT2D eigenvalue weighted by atomic mass is 9.88. The number of hydrogen-bond donors (Lipinski definition) is 2. The molecule has 0 saturated heterocycles. The van der Waals surface area contributed by atoms with Crippen LogP contribution in [-0.2, 0) is 0 Å². The molecule has 0 aliphatic rings. The molecule has 0 bridgehead atoms. The molecule has 0 heterocycles. The van der Waals surface area contributed by atoms with Crippen molar-refractivity contribution in [2.75, 3.05) is 6.54 Å². The zero-order chi connectivity index (χ0) is 14.7. The van der Waals surface area contributed by atoms with Crippen molar-refractivity contribution in [1.82, 2.24) is 0 Å². The molecule has 20 heavy (non-hydrogen) atoms. The van der Waals surface area contributed by atoms with E-state index < -0.39 is 6.10 Å². The van der Waals surface area contributed by atoms with Crippen molar-refractivity contribution in [3.8, 4) is 0 Å². The number of hydrogen-bond acceptors (Lipinski definition) is 2. The van der Waals surface area contributed by atoms with Gasteiger partial charge in [-0.3, -0.25) is 0 Å². The Morgan fingerprint density at radius 2 is 2.00 bits per heavy atom. The van der Waals surface area contributed by atoms with Crippen molar-refractivity contribution >= 4 is 27.5 Å². The average molecular weight is 355 g/mol. The zero-order valence-electron chi connectivity index (χ0n) is 11.2. The summed E-state index contributed by atoms with van der Waals surface area (Å²) in [6.07, 6.45) is -0.699. The Bertz CT molecular complexity index is 603. The Labute approximate surface area is 132 Å². The first-order valence-electron chi connectivity index (χ1n) is 6.42. The molecule has 2 rings (SSSR count). The summed E-state index contributed by atoms with van der Waals surface area (Å²) in [7, 11) is 0. The van der Waals surface area contributed by atoms with Crippen LogP contribution in [0.3, 0.4) is 0 Å². The van der Waals surface area contributed by atoms with Gasteiger partial charge < -0.3 is 10.8 Å². The van der Waals surface area contributed by atoms with E-state index in [1.807, 2.05) is 31.2 Å². The maximum absolute atomic E-state index is 10.7. The molecule has 106 valence electrons. The lowest BCUT2D eigenvalue weighted by Gasteiger charge is -2.23. The van der Waals surface area contributed by atoms with Crippen LogP contribution in [0.4, 0.5) is 0 Å². The van der Waals surface area contributed by atoms with Gasteiger partial charge in [-0.2, -0.15) is 0 Å². The number of benzene rings is 2. The summed E-state index contributed by atoms with van der Waals surface area (Å²) in [6, 6.07) is 13.4. The third-order valence-electron chi connectivity index (χ3n) is 3.38. The minimum absolute atomic E-state index is 0.162. The molecular weight excluding hydrogens is 338 g/mol. The molecule has 0 radical (unpaired) electrons. The van der Waals surface area contributed by atoms with Crippen LogP contribution in [0, 0.1) is 6.92 Å². The van der Waals surface area contributed by atoms with E-state index in [-0.39, 0.29) is 5.92 Å². The first kappa shape index (κ1) is 15.5. The second kappa shape index (κ2) is 6.72. The van der Waals surface area contributed by atoms with Crippen molar-refractivity contribution < 1.29 is 5.11 Å². The molecule has 0 aliphatic heterocycles. The summed E-state index contributed by atoms with van der Waals surface area (Å²) in [5.41, 5.74) is 8.82. The molecule has 0 saturated carbocycles. The summed E-state index contributed by atoms with van der Waals surface area (Å²) >= 11 is 9.47. The Kier molecular flexibility index (Phi) is 5.22. The fraction of sp³-hybridized carbons (Fsp3) is 0.250. The highest BCUT2D eigenvalue weighted by Crippen LogP contribution is 2.35. The maximum Gasteiger partial charge on any atom is 0.0882 e. The van der Waals surface area contributed by atoms with Crippen LogP contribution in [0.15, 0.2) is 46.9 Å². The van der Waals surface area contributed by atoms with Crippen molar-refractivity contribution in [1.29, 1.82) is 0 Å². The van der Waals surface area contributed by atoms with E-state index in [1.165, 1.54) is 0 Å². The minimum atomic E-state index is -0.699. The largest absolute Gasteiger partial charge is 0.388 e. The molecule has 3 N–H and O–H groups in total. The van der Waals surface area contributed by atoms with Gasteiger partial charge in [-0.05, 0) is 36.2 Å². The van der Waals surface area contributed by atoms with E-state index in [0.29, 0.717) is 11.6 Å². The fourth-order valence-electron chi connectivity index (χ4n) is 2.31. The first-order valence-corrected chi connectivity index (χ1v) is 7.59. The second-order valence-corrected chi connectivity index (χ2v) is 6.16. The van der Waals surface area contributed by atoms with Gasteiger partial charge in [0.05, 0.1) is 6.10 Å². The van der Waals surface area contributed by atoms with Crippen molar-refractivity contribution in [3.05, 3.63) is 68.7 Å². The number of halogens is 2. The average Bonchev–Trinajstić information content (AvgIpc) is 2.42. The molecule has 2 unspecified atom stereocenters. The molecule has 2 aromatic carbocycles. The van der Waals surface area contributed by atoms with E-state index in [1.54, 1.807) is 12.1 Å². The Hall–Kier alpha value is -0.870. The number of aliphatic hydroxyl groups excluding tert-OH is 1. The van der Waals surface area contributed by atoms with E-state index >= 15 is 0 Å². The van der Waals surface area contributed by atoms with Gasteiger partial charge in [0.1, 0.15) is 0 Å². The lowest BCUT2D eigenvalue weighted by molar-refractivity contribution is 0.146. The highest BCUT2D eigenvalue weighted by molar-refractivity contribution is 9.10. The smallest absolute Gasteiger partial charge is 0.0882 e. The summed E-state index contributed by atoms with van der Waals surface area (Å²) in [4.78, 5) is 0. The standard InChI is InChI=1S/C16H17BrClNO/c1-10-3-2-4-11(7-10)14(9-19)16(20)13-8-12(18)5-6-15(13)17/h2-8,14,16,20H,9,19H2,1H3. The SMILES string of the molecule is Cc1cccc(C(CN)C(O)c2cc(Cl)ccc2Br)c1. The third-order valence-corrected chi connectivity index (χ3v) is 4.34. The van der Waals surface area contributed by atoms with Gasteiger partial charge in [0.15, 0.2) is 0 Å². The highest BCUT2D eigenvalue weighted by atomic mass is 79.9. The van der Waals surface area contributed by atoms with Gasteiger partial charge in [-0.15, -0.1) is 0 Å². The van der Waals surface area contributed by atoms with Crippen LogP contribution in [0.2, 0.25) is 5.02 Å². The molecule has 4 heteroatoms. The predicted octanol–water partition coefficient (Wildman–Crippen LogP) is 4.19. The topological polar surface area (TPSA) is 46.2 Å². The van der Waals surface area contributed by atoms with Crippen molar-refractivity contribution in [3.63, 3.8) is 0 Å². The van der Waals surface area contributed by atoms with Crippen LogP contribution in [0.25, 0.3) is 0 Å². The van der Waals surface area contributed by atoms with E-state index in [2.05, 4.69) is 22.0 Å². The number of rotatable bonds is 4. The second-order valence-electron chi connectivity index (χ2n) is 4.87. The molecule has 0 spiro atoms. The number of aryl methyl sites for hydroxylation is 1. The number of nitrogens with two attached hydrogens (primary N) is 1. The van der Waals surface area contributed by atoms with Gasteiger partial charge >= 0.3 is 0 Å². The highest BCUT2D eigenvalue weighted by Gasteiger charge is 2.23. The van der Waals surface area contributed by atoms with Crippen molar-refractivity contribution in [2.24, 2.45) is 5.73 Å². The molecule has 0 amide bonds. The predicted molar refractivity (Wildman–Crippen MR) is 87.1 cm³/mol. The summed E-state index contributed by atoms with van der Waals surface area (Å²) in [5.74, 6) is -0.162. The Balaban J connectivity index is 2.38. The summed E-state index contributed by atoms with van der Waals surface area (Å²) in [6.45, 7) is 2.39. The summed E-state index contributed by atoms with van der Waals surface area (Å²) < 4.78 is 0.834. The number of aliphatic hydroxyl groups is 1. The van der Waals surface area contributed by atoms with Crippen LogP contribution in [-0.4, -0.2) is 11.7 Å². The lowest BCUT2D eigenvalue weighted by Crippen LogP contribution is -2.20. The van der Waals surface area contributed by atoms with E-state index in [4.69, 9.17) is 17.3 Å². The molecule has 2 atom stereocenters. The van der Waals surface area contributed by atoms with Crippen LogP contribution in [0.5, 0.6) is 0 Å². The third kappa shape index (κ3) is 3.41. The van der Waals surface area contributed by atoms with Crippen molar-refractivity contribution in [2.45, 2.75) is 18.9 Å². The van der Waals surface area contributed by atoms with Gasteiger partial charge in [0.2, 0.25) is 0 Å². The Morgan fingerprint density at radius 3 is 2.65 bits per heavy atom. The van der Waals surface area contributed by atoms with Gasteiger partial charge in [-0.1, -0.05) is 57.4 Å². The normalized spacial score (nSPS) is 14.1. The fourth-order valence-corrected chi connectivity index (χ4v) is 2.97. The molecular formula is C16H17BrClNO. The van der Waals surface area contributed by atoms with E-state index in [0.717, 1.165) is 21.2 Å². The summed E-state index contributed by atoms with van der Waals surface area (Å²) in [5, 5.41) is 11.3. The minimum Gasteiger partial charge on any atom is -0.388 e. The molecule has 2 aromatic rings. The quantitative estimate of drug-likeness (QED) is 0.865. The van der Waals surface area contributed by atoms with Gasteiger partial charge in [0.25, 0.3) is 0 Å². The monoisotopic (exact) mass is 353 g/mol. The molecule has 0 aromatic heterocycles. The molecule has 0 fully saturated rings. The maximum atomic E-state index is 10.7. The van der Waals surface area contributed by atoms with Crippen LogP contribution in [0.1, 0.15) is 28.7 Å². The van der Waals surface area contributed by atoms with Crippen LogP contribution < -0.4 is 5.73 Å². The van der Waals surface area contributed by atoms with Crippen LogP contribution >= 0.6 is 27.5 Å². The molecule has 0 aliphatic carbocycles.